The lowest BCUT2D eigenvalue weighted by molar-refractivity contribution is 0.0700. The molecule has 98 valence electrons. The number of fused-ring (bicyclic) bond motifs is 1. The van der Waals surface area contributed by atoms with E-state index in [0.717, 1.165) is 11.1 Å². The van der Waals surface area contributed by atoms with Crippen LogP contribution in [0.1, 0.15) is 29.3 Å². The summed E-state index contributed by atoms with van der Waals surface area (Å²) >= 11 is 0. The van der Waals surface area contributed by atoms with E-state index in [0.29, 0.717) is 17.9 Å². The summed E-state index contributed by atoms with van der Waals surface area (Å²) in [5.41, 5.74) is 7.26. The minimum Gasteiger partial charge on any atom is -0.495 e. The average molecular weight is 256 g/mol. The quantitative estimate of drug-likeness (QED) is 0.858. The van der Waals surface area contributed by atoms with Crippen LogP contribution in [0.25, 0.3) is 0 Å². The Bertz CT molecular complexity index is 615. The third-order valence-electron chi connectivity index (χ3n) is 3.70. The van der Waals surface area contributed by atoms with E-state index in [-0.39, 0.29) is 6.04 Å². The first kappa shape index (κ1) is 12.1. The van der Waals surface area contributed by atoms with E-state index in [4.69, 9.17) is 10.5 Å². The van der Waals surface area contributed by atoms with E-state index in [1.54, 1.807) is 25.4 Å². The van der Waals surface area contributed by atoms with Gasteiger partial charge in [-0.2, -0.15) is 0 Å². The van der Waals surface area contributed by atoms with Gasteiger partial charge in [-0.3, -0.25) is 4.98 Å². The van der Waals surface area contributed by atoms with E-state index >= 15 is 0 Å². The molecule has 1 heterocycles. The number of aliphatic hydroxyl groups is 1. The molecule has 0 bridgehead atoms. The number of aromatic nitrogens is 1. The number of ether oxygens (including phenoxy) is 1. The molecule has 0 aliphatic heterocycles. The van der Waals surface area contributed by atoms with Gasteiger partial charge >= 0.3 is 0 Å². The van der Waals surface area contributed by atoms with E-state index in [1.165, 1.54) is 0 Å². The fourth-order valence-corrected chi connectivity index (χ4v) is 2.83. The molecular formula is C15H16N2O2. The molecule has 1 aliphatic carbocycles. The van der Waals surface area contributed by atoms with Crippen LogP contribution in [0.15, 0.2) is 42.6 Å². The summed E-state index contributed by atoms with van der Waals surface area (Å²) in [5.74, 6) is 0.578. The average Bonchev–Trinajstić information content (AvgIpc) is 2.72. The highest BCUT2D eigenvalue weighted by atomic mass is 16.5. The van der Waals surface area contributed by atoms with Gasteiger partial charge in [0.2, 0.25) is 0 Å². The molecule has 2 unspecified atom stereocenters. The SMILES string of the molecule is COc1cccnc1C1(O)CC(N)c2ccccc21. The fraction of sp³-hybridized carbons (Fsp3) is 0.267. The summed E-state index contributed by atoms with van der Waals surface area (Å²) in [6, 6.07) is 11.1. The van der Waals surface area contributed by atoms with Gasteiger partial charge in [0.1, 0.15) is 17.0 Å². The van der Waals surface area contributed by atoms with Crippen molar-refractivity contribution in [3.63, 3.8) is 0 Å². The van der Waals surface area contributed by atoms with Crippen LogP contribution in [0.4, 0.5) is 0 Å². The zero-order valence-corrected chi connectivity index (χ0v) is 10.7. The van der Waals surface area contributed by atoms with E-state index in [9.17, 15) is 5.11 Å². The predicted molar refractivity (Wildman–Crippen MR) is 71.8 cm³/mol. The number of methoxy groups -OCH3 is 1. The molecule has 2 atom stereocenters. The molecule has 4 nitrogen and oxygen atoms in total. The van der Waals surface area contributed by atoms with Gasteiger partial charge in [-0.25, -0.2) is 0 Å². The van der Waals surface area contributed by atoms with E-state index in [2.05, 4.69) is 4.98 Å². The summed E-state index contributed by atoms with van der Waals surface area (Å²) in [6.45, 7) is 0. The lowest BCUT2D eigenvalue weighted by Gasteiger charge is -2.25. The highest BCUT2D eigenvalue weighted by Gasteiger charge is 2.44. The van der Waals surface area contributed by atoms with Gasteiger partial charge in [-0.1, -0.05) is 24.3 Å². The summed E-state index contributed by atoms with van der Waals surface area (Å²) < 4.78 is 5.31. The zero-order chi connectivity index (χ0) is 13.5. The molecule has 0 spiro atoms. The van der Waals surface area contributed by atoms with Crippen molar-refractivity contribution in [2.45, 2.75) is 18.1 Å². The van der Waals surface area contributed by atoms with Gasteiger partial charge in [0.05, 0.1) is 7.11 Å². The predicted octanol–water partition coefficient (Wildman–Crippen LogP) is 1.73. The summed E-state index contributed by atoms with van der Waals surface area (Å²) in [6.07, 6.45) is 2.07. The second-order valence-electron chi connectivity index (χ2n) is 4.81. The molecule has 0 fully saturated rings. The molecule has 2 aromatic rings. The van der Waals surface area contributed by atoms with E-state index in [1.807, 2.05) is 24.3 Å². The standard InChI is InChI=1S/C15H16N2O2/c1-19-13-7-4-8-17-14(13)15(18)9-12(16)10-5-2-3-6-11(10)15/h2-8,12,18H,9,16H2,1H3. The number of rotatable bonds is 2. The smallest absolute Gasteiger partial charge is 0.143 e. The van der Waals surface area contributed by atoms with Crippen molar-refractivity contribution >= 4 is 0 Å². The van der Waals surface area contributed by atoms with Gasteiger partial charge in [-0.15, -0.1) is 0 Å². The molecule has 4 heteroatoms. The minimum absolute atomic E-state index is 0.187. The third-order valence-corrected chi connectivity index (χ3v) is 3.70. The lowest BCUT2D eigenvalue weighted by Crippen LogP contribution is -2.27. The Kier molecular flexibility index (Phi) is 2.77. The Labute approximate surface area is 111 Å². The van der Waals surface area contributed by atoms with Crippen LogP contribution in [0.5, 0.6) is 5.75 Å². The number of nitrogens with two attached hydrogens (primary N) is 1. The third kappa shape index (κ3) is 1.72. The Morgan fingerprint density at radius 2 is 2.11 bits per heavy atom. The Hall–Kier alpha value is -1.91. The van der Waals surface area contributed by atoms with E-state index < -0.39 is 5.60 Å². The van der Waals surface area contributed by atoms with Crippen LogP contribution in [-0.4, -0.2) is 17.2 Å². The summed E-state index contributed by atoms with van der Waals surface area (Å²) in [5, 5.41) is 11.1. The maximum absolute atomic E-state index is 11.1. The number of nitrogens with zero attached hydrogens (tertiary/aromatic N) is 1. The summed E-state index contributed by atoms with van der Waals surface area (Å²) in [4.78, 5) is 4.31. The Balaban J connectivity index is 2.20. The monoisotopic (exact) mass is 256 g/mol. The van der Waals surface area contributed by atoms with Crippen LogP contribution in [0.3, 0.4) is 0 Å². The number of hydrogen-bond acceptors (Lipinski definition) is 4. The normalized spacial score (nSPS) is 25.1. The van der Waals surface area contributed by atoms with Crippen LogP contribution in [-0.2, 0) is 5.60 Å². The number of hydrogen-bond donors (Lipinski definition) is 2. The topological polar surface area (TPSA) is 68.4 Å². The number of benzene rings is 1. The molecule has 1 aromatic heterocycles. The summed E-state index contributed by atoms with van der Waals surface area (Å²) in [7, 11) is 1.57. The first-order valence-corrected chi connectivity index (χ1v) is 6.23. The molecule has 0 saturated carbocycles. The van der Waals surface area contributed by atoms with Gasteiger partial charge in [0.25, 0.3) is 0 Å². The van der Waals surface area contributed by atoms with Crippen molar-refractivity contribution in [1.29, 1.82) is 0 Å². The molecule has 0 saturated heterocycles. The maximum atomic E-state index is 11.1. The molecular weight excluding hydrogens is 240 g/mol. The van der Waals surface area contributed by atoms with Crippen molar-refractivity contribution in [2.24, 2.45) is 5.73 Å². The Morgan fingerprint density at radius 1 is 1.32 bits per heavy atom. The molecule has 3 rings (SSSR count). The van der Waals surface area contributed by atoms with Crippen LogP contribution in [0, 0.1) is 0 Å². The van der Waals surface area contributed by atoms with Gasteiger partial charge in [0, 0.05) is 18.7 Å². The molecule has 1 aliphatic rings. The lowest BCUT2D eigenvalue weighted by atomic mass is 9.91. The molecule has 0 radical (unpaired) electrons. The molecule has 3 N–H and O–H groups in total. The van der Waals surface area contributed by atoms with Crippen molar-refractivity contribution < 1.29 is 9.84 Å². The van der Waals surface area contributed by atoms with Gasteiger partial charge in [0.15, 0.2) is 0 Å². The fourth-order valence-electron chi connectivity index (χ4n) is 2.83. The van der Waals surface area contributed by atoms with Gasteiger partial charge < -0.3 is 15.6 Å². The largest absolute Gasteiger partial charge is 0.495 e. The van der Waals surface area contributed by atoms with Crippen LogP contribution >= 0.6 is 0 Å². The van der Waals surface area contributed by atoms with Crippen molar-refractivity contribution in [1.82, 2.24) is 4.98 Å². The first-order chi connectivity index (χ1) is 9.16. The highest BCUT2D eigenvalue weighted by Crippen LogP contribution is 2.47. The van der Waals surface area contributed by atoms with Crippen LogP contribution in [0.2, 0.25) is 0 Å². The van der Waals surface area contributed by atoms with Crippen molar-refractivity contribution in [3.8, 4) is 5.75 Å². The zero-order valence-electron chi connectivity index (χ0n) is 10.7. The second kappa shape index (κ2) is 4.33. The van der Waals surface area contributed by atoms with Crippen molar-refractivity contribution in [3.05, 3.63) is 59.4 Å². The Morgan fingerprint density at radius 3 is 2.89 bits per heavy atom. The van der Waals surface area contributed by atoms with Gasteiger partial charge in [-0.05, 0) is 23.3 Å². The molecule has 19 heavy (non-hydrogen) atoms. The second-order valence-corrected chi connectivity index (χ2v) is 4.81. The van der Waals surface area contributed by atoms with Crippen LogP contribution < -0.4 is 10.5 Å². The minimum atomic E-state index is -1.18. The maximum Gasteiger partial charge on any atom is 0.143 e. The highest BCUT2D eigenvalue weighted by molar-refractivity contribution is 5.48. The first-order valence-electron chi connectivity index (χ1n) is 6.23. The number of pyridine rings is 1. The molecule has 1 aromatic carbocycles. The van der Waals surface area contributed by atoms with Crippen molar-refractivity contribution in [2.75, 3.05) is 7.11 Å². The molecule has 0 amide bonds.